The molecule has 20 heavy (non-hydrogen) atoms. The third-order valence-electron chi connectivity index (χ3n) is 5.58. The molecule has 4 heteroatoms. The minimum Gasteiger partial charge on any atom is -0.481 e. The van der Waals surface area contributed by atoms with E-state index in [0.717, 1.165) is 38.5 Å². The summed E-state index contributed by atoms with van der Waals surface area (Å²) in [5.41, 5.74) is -0.563. The summed E-state index contributed by atoms with van der Waals surface area (Å²) in [5, 5.41) is 9.73. The molecule has 0 amide bonds. The van der Waals surface area contributed by atoms with E-state index in [0.29, 0.717) is 24.7 Å². The van der Waals surface area contributed by atoms with Crippen LogP contribution in [-0.4, -0.2) is 35.5 Å². The Morgan fingerprint density at radius 2 is 2.00 bits per heavy atom. The molecule has 0 aromatic carbocycles. The zero-order valence-electron chi connectivity index (χ0n) is 12.5. The third kappa shape index (κ3) is 2.60. The molecule has 1 aliphatic carbocycles. The molecule has 1 saturated carbocycles. The lowest BCUT2D eigenvalue weighted by Crippen LogP contribution is -2.42. The van der Waals surface area contributed by atoms with Gasteiger partial charge in [0.25, 0.3) is 0 Å². The average molecular weight is 282 g/mol. The molecule has 2 heterocycles. The zero-order chi connectivity index (χ0) is 14.3. The van der Waals surface area contributed by atoms with Crippen LogP contribution in [0.2, 0.25) is 0 Å². The van der Waals surface area contributed by atoms with Crippen LogP contribution in [0.25, 0.3) is 0 Å². The molecule has 2 saturated heterocycles. The number of aliphatic carboxylic acids is 1. The van der Waals surface area contributed by atoms with Gasteiger partial charge in [0.2, 0.25) is 0 Å². The average Bonchev–Trinajstić information content (AvgIpc) is 3.27. The second-order valence-corrected chi connectivity index (χ2v) is 6.91. The monoisotopic (exact) mass is 282 g/mol. The molecule has 2 aliphatic heterocycles. The first-order valence-corrected chi connectivity index (χ1v) is 8.11. The summed E-state index contributed by atoms with van der Waals surface area (Å²) >= 11 is 0. The molecule has 0 bridgehead atoms. The van der Waals surface area contributed by atoms with Crippen LogP contribution in [0.5, 0.6) is 0 Å². The van der Waals surface area contributed by atoms with E-state index in [1.165, 1.54) is 0 Å². The van der Waals surface area contributed by atoms with Crippen molar-refractivity contribution >= 4 is 5.97 Å². The van der Waals surface area contributed by atoms with E-state index in [4.69, 9.17) is 9.47 Å². The Balaban J connectivity index is 1.51. The summed E-state index contributed by atoms with van der Waals surface area (Å²) < 4.78 is 11.2. The minimum atomic E-state index is -0.624. The molecule has 0 aromatic heterocycles. The Kier molecular flexibility index (Phi) is 3.80. The van der Waals surface area contributed by atoms with Gasteiger partial charge >= 0.3 is 5.97 Å². The maximum atomic E-state index is 11.8. The predicted octanol–water partition coefficient (Wildman–Crippen LogP) is 2.99. The molecule has 0 spiro atoms. The van der Waals surface area contributed by atoms with Crippen molar-refractivity contribution in [3.63, 3.8) is 0 Å². The second kappa shape index (κ2) is 5.30. The molecule has 3 fully saturated rings. The van der Waals surface area contributed by atoms with Crippen molar-refractivity contribution in [3.8, 4) is 0 Å². The summed E-state index contributed by atoms with van der Waals surface area (Å²) in [6, 6.07) is 0. The van der Waals surface area contributed by atoms with Gasteiger partial charge in [-0.05, 0) is 44.4 Å². The molecule has 3 aliphatic rings. The lowest BCUT2D eigenvalue weighted by molar-refractivity contribution is -0.154. The van der Waals surface area contributed by atoms with Crippen LogP contribution in [0.15, 0.2) is 0 Å². The van der Waals surface area contributed by atoms with Crippen LogP contribution in [0.4, 0.5) is 0 Å². The predicted molar refractivity (Wildman–Crippen MR) is 74.5 cm³/mol. The topological polar surface area (TPSA) is 62.4 Å². The van der Waals surface area contributed by atoms with Gasteiger partial charge in [0.05, 0.1) is 29.8 Å². The van der Waals surface area contributed by atoms with Crippen molar-refractivity contribution < 1.29 is 19.4 Å². The van der Waals surface area contributed by atoms with Crippen molar-refractivity contribution in [1.82, 2.24) is 0 Å². The van der Waals surface area contributed by atoms with Crippen molar-refractivity contribution in [1.29, 1.82) is 0 Å². The number of fused-ring (bicyclic) bond motifs is 1. The fraction of sp³-hybridized carbons (Fsp3) is 0.938. The minimum absolute atomic E-state index is 0.215. The van der Waals surface area contributed by atoms with E-state index in [9.17, 15) is 9.90 Å². The standard InChI is InChI=1S/C16H26O4/c1-3-5-11-12(19-11)6-4-7-16(15(17)18)9-14-13(20-14)8-10(16)2/h10-14H,3-9H2,1-2H3,(H,17,18). The second-order valence-electron chi connectivity index (χ2n) is 6.91. The van der Waals surface area contributed by atoms with Crippen molar-refractivity contribution in [2.75, 3.05) is 0 Å². The number of epoxide rings is 2. The van der Waals surface area contributed by atoms with E-state index in [1.807, 2.05) is 0 Å². The highest BCUT2D eigenvalue weighted by Gasteiger charge is 2.57. The highest BCUT2D eigenvalue weighted by atomic mass is 16.6. The summed E-state index contributed by atoms with van der Waals surface area (Å²) in [4.78, 5) is 11.8. The van der Waals surface area contributed by atoms with Gasteiger partial charge < -0.3 is 14.6 Å². The van der Waals surface area contributed by atoms with Gasteiger partial charge in [-0.1, -0.05) is 20.3 Å². The molecular weight excluding hydrogens is 256 g/mol. The maximum Gasteiger partial charge on any atom is 0.310 e. The quantitative estimate of drug-likeness (QED) is 0.729. The molecule has 6 atom stereocenters. The Morgan fingerprint density at radius 3 is 2.70 bits per heavy atom. The van der Waals surface area contributed by atoms with E-state index in [1.54, 1.807) is 0 Å². The number of hydrogen-bond donors (Lipinski definition) is 1. The smallest absolute Gasteiger partial charge is 0.310 e. The number of carbonyl (C=O) groups is 1. The van der Waals surface area contributed by atoms with Gasteiger partial charge in [-0.15, -0.1) is 0 Å². The van der Waals surface area contributed by atoms with Crippen LogP contribution in [-0.2, 0) is 14.3 Å². The Hall–Kier alpha value is -0.610. The van der Waals surface area contributed by atoms with E-state index >= 15 is 0 Å². The van der Waals surface area contributed by atoms with Gasteiger partial charge in [0.15, 0.2) is 0 Å². The molecule has 4 nitrogen and oxygen atoms in total. The Labute approximate surface area is 120 Å². The summed E-state index contributed by atoms with van der Waals surface area (Å²) in [6.07, 6.45) is 8.07. The molecule has 6 unspecified atom stereocenters. The lowest BCUT2D eigenvalue weighted by Gasteiger charge is -2.37. The molecule has 1 N–H and O–H groups in total. The van der Waals surface area contributed by atoms with Gasteiger partial charge in [-0.3, -0.25) is 4.79 Å². The normalized spacial score (nSPS) is 45.8. The van der Waals surface area contributed by atoms with Crippen LogP contribution >= 0.6 is 0 Å². The number of hydrogen-bond acceptors (Lipinski definition) is 3. The van der Waals surface area contributed by atoms with E-state index in [2.05, 4.69) is 13.8 Å². The molecule has 3 rings (SSSR count). The molecule has 114 valence electrons. The highest BCUT2D eigenvalue weighted by Crippen LogP contribution is 2.52. The number of ether oxygens (including phenoxy) is 2. The zero-order valence-corrected chi connectivity index (χ0v) is 12.5. The fourth-order valence-electron chi connectivity index (χ4n) is 4.04. The Morgan fingerprint density at radius 1 is 1.25 bits per heavy atom. The van der Waals surface area contributed by atoms with Crippen LogP contribution in [0, 0.1) is 11.3 Å². The first kappa shape index (κ1) is 14.3. The van der Waals surface area contributed by atoms with E-state index in [-0.39, 0.29) is 12.0 Å². The van der Waals surface area contributed by atoms with Gasteiger partial charge in [0.1, 0.15) is 0 Å². The van der Waals surface area contributed by atoms with Crippen LogP contribution < -0.4 is 0 Å². The first-order valence-electron chi connectivity index (χ1n) is 8.11. The van der Waals surface area contributed by atoms with E-state index < -0.39 is 11.4 Å². The summed E-state index contributed by atoms with van der Waals surface area (Å²) in [7, 11) is 0. The third-order valence-corrected chi connectivity index (χ3v) is 5.58. The lowest BCUT2D eigenvalue weighted by atomic mass is 9.64. The van der Waals surface area contributed by atoms with Gasteiger partial charge in [-0.25, -0.2) is 0 Å². The Bertz CT molecular complexity index is 383. The van der Waals surface area contributed by atoms with Crippen LogP contribution in [0.3, 0.4) is 0 Å². The van der Waals surface area contributed by atoms with Crippen molar-refractivity contribution in [3.05, 3.63) is 0 Å². The van der Waals surface area contributed by atoms with Crippen molar-refractivity contribution in [2.24, 2.45) is 11.3 Å². The molecule has 0 aromatic rings. The fourth-order valence-corrected chi connectivity index (χ4v) is 4.04. The van der Waals surface area contributed by atoms with Gasteiger partial charge in [0, 0.05) is 0 Å². The van der Waals surface area contributed by atoms with Crippen LogP contribution in [0.1, 0.15) is 58.8 Å². The maximum absolute atomic E-state index is 11.8. The number of carboxylic acids is 1. The molecule has 0 radical (unpaired) electrons. The number of rotatable bonds is 7. The highest BCUT2D eigenvalue weighted by molar-refractivity contribution is 5.75. The molecular formula is C16H26O4. The summed E-state index contributed by atoms with van der Waals surface area (Å²) in [5.74, 6) is -0.406. The van der Waals surface area contributed by atoms with Crippen molar-refractivity contribution in [2.45, 2.75) is 83.2 Å². The number of carboxylic acid groups (broad SMARTS) is 1. The van der Waals surface area contributed by atoms with Gasteiger partial charge in [-0.2, -0.15) is 0 Å². The summed E-state index contributed by atoms with van der Waals surface area (Å²) in [6.45, 7) is 4.26. The largest absolute Gasteiger partial charge is 0.481 e. The SMILES string of the molecule is CCCC1OC1CCCC1(C(=O)O)CC2OC2CC1C. The first-order chi connectivity index (χ1) is 9.56.